The van der Waals surface area contributed by atoms with Crippen LogP contribution in [-0.4, -0.2) is 37.2 Å². The van der Waals surface area contributed by atoms with Gasteiger partial charge in [-0.05, 0) is 31.1 Å². The first kappa shape index (κ1) is 57.4. The van der Waals surface area contributed by atoms with Gasteiger partial charge in [-0.1, -0.05) is 253 Å². The van der Waals surface area contributed by atoms with Gasteiger partial charge in [-0.25, -0.2) is 0 Å². The average molecular weight is 835 g/mol. The van der Waals surface area contributed by atoms with Crippen molar-refractivity contribution in [3.8, 4) is 0 Å². The number of carbonyl (C=O) groups excluding carboxylic acids is 3. The number of ether oxygens (including phenoxy) is 3. The Bertz CT molecular complexity index is 900. The minimum absolute atomic E-state index is 0.0644. The van der Waals surface area contributed by atoms with E-state index in [0.717, 1.165) is 69.6 Å². The number of hydrogen-bond donors (Lipinski definition) is 0. The first-order valence-corrected chi connectivity index (χ1v) is 26.2. The quantitative estimate of drug-likeness (QED) is 0.0345. The smallest absolute Gasteiger partial charge is 0.306 e. The maximum Gasteiger partial charge on any atom is 0.306 e. The van der Waals surface area contributed by atoms with E-state index in [1.165, 1.54) is 180 Å². The molecule has 0 aromatic rings. The summed E-state index contributed by atoms with van der Waals surface area (Å²) < 4.78 is 16.8. The minimum Gasteiger partial charge on any atom is -0.462 e. The van der Waals surface area contributed by atoms with E-state index in [2.05, 4.69) is 34.6 Å². The van der Waals surface area contributed by atoms with Gasteiger partial charge in [0.2, 0.25) is 0 Å². The molecule has 0 N–H and O–H groups in total. The van der Waals surface area contributed by atoms with Crippen molar-refractivity contribution in [3.05, 3.63) is 0 Å². The van der Waals surface area contributed by atoms with Crippen LogP contribution in [0.4, 0.5) is 0 Å². The summed E-state index contributed by atoms with van der Waals surface area (Å²) in [6.07, 6.45) is 46.7. The molecule has 0 saturated heterocycles. The van der Waals surface area contributed by atoms with Gasteiger partial charge in [-0.2, -0.15) is 0 Å². The lowest BCUT2D eigenvalue weighted by Crippen LogP contribution is -2.30. The van der Waals surface area contributed by atoms with E-state index in [1.54, 1.807) is 0 Å². The van der Waals surface area contributed by atoms with E-state index in [9.17, 15) is 14.4 Å². The Morgan fingerprint density at radius 1 is 0.322 bits per heavy atom. The van der Waals surface area contributed by atoms with Crippen molar-refractivity contribution in [3.63, 3.8) is 0 Å². The lowest BCUT2D eigenvalue weighted by Gasteiger charge is -2.18. The van der Waals surface area contributed by atoms with Crippen LogP contribution in [0, 0.1) is 11.8 Å². The molecule has 0 rings (SSSR count). The second-order valence-corrected chi connectivity index (χ2v) is 19.1. The van der Waals surface area contributed by atoms with Crippen LogP contribution in [0.2, 0.25) is 0 Å². The minimum atomic E-state index is -0.762. The fourth-order valence-corrected chi connectivity index (χ4v) is 7.99. The summed E-state index contributed by atoms with van der Waals surface area (Å²) in [7, 11) is 0. The molecule has 0 saturated carbocycles. The standard InChI is InChI=1S/C53H102O6/c1-6-7-8-9-10-11-12-13-14-15-16-17-20-23-28-33-38-43-51(54)57-46-50(59-53(56)45-40-35-30-25-27-32-37-42-49(4)5)47-58-52(55)44-39-34-29-24-21-18-19-22-26-31-36-41-48(2)3/h48-50H,6-47H2,1-5H3/t50-/m0/s1. The predicted molar refractivity (Wildman–Crippen MR) is 252 cm³/mol. The molecule has 0 radical (unpaired) electrons. The van der Waals surface area contributed by atoms with Gasteiger partial charge >= 0.3 is 17.9 Å². The maximum atomic E-state index is 12.7. The van der Waals surface area contributed by atoms with Gasteiger partial charge in [0, 0.05) is 19.3 Å². The van der Waals surface area contributed by atoms with Crippen LogP contribution in [0.5, 0.6) is 0 Å². The second kappa shape index (κ2) is 45.9. The lowest BCUT2D eigenvalue weighted by molar-refractivity contribution is -0.167. The highest BCUT2D eigenvalue weighted by Gasteiger charge is 2.19. The number of hydrogen-bond acceptors (Lipinski definition) is 6. The van der Waals surface area contributed by atoms with Gasteiger partial charge in [0.25, 0.3) is 0 Å². The summed E-state index contributed by atoms with van der Waals surface area (Å²) in [5.74, 6) is 0.754. The summed E-state index contributed by atoms with van der Waals surface area (Å²) >= 11 is 0. The highest BCUT2D eigenvalue weighted by molar-refractivity contribution is 5.71. The molecule has 0 heterocycles. The highest BCUT2D eigenvalue weighted by Crippen LogP contribution is 2.17. The molecule has 59 heavy (non-hydrogen) atoms. The van der Waals surface area contributed by atoms with Gasteiger partial charge in [0.05, 0.1) is 0 Å². The molecule has 0 bridgehead atoms. The molecule has 0 unspecified atom stereocenters. The second-order valence-electron chi connectivity index (χ2n) is 19.1. The monoisotopic (exact) mass is 835 g/mol. The Labute approximate surface area is 368 Å². The van der Waals surface area contributed by atoms with E-state index in [4.69, 9.17) is 14.2 Å². The molecular formula is C53H102O6. The molecule has 6 heteroatoms. The van der Waals surface area contributed by atoms with Crippen molar-refractivity contribution >= 4 is 17.9 Å². The normalized spacial score (nSPS) is 12.1. The van der Waals surface area contributed by atoms with E-state index in [0.29, 0.717) is 19.3 Å². The Kier molecular flexibility index (Phi) is 44.7. The topological polar surface area (TPSA) is 78.9 Å². The average Bonchev–Trinajstić information content (AvgIpc) is 3.20. The fourth-order valence-electron chi connectivity index (χ4n) is 7.99. The number of carbonyl (C=O) groups is 3. The molecule has 6 nitrogen and oxygen atoms in total. The molecule has 350 valence electrons. The van der Waals surface area contributed by atoms with Crippen LogP contribution in [-0.2, 0) is 28.6 Å². The summed E-state index contributed by atoms with van der Waals surface area (Å²) in [6, 6.07) is 0. The number of unbranched alkanes of at least 4 members (excludes halogenated alkanes) is 32. The molecule has 0 aliphatic rings. The molecular weight excluding hydrogens is 733 g/mol. The van der Waals surface area contributed by atoms with Crippen LogP contribution < -0.4 is 0 Å². The predicted octanol–water partition coefficient (Wildman–Crippen LogP) is 16.9. The van der Waals surface area contributed by atoms with E-state index in [1.807, 2.05) is 0 Å². The summed E-state index contributed by atoms with van der Waals surface area (Å²) in [5.41, 5.74) is 0. The SMILES string of the molecule is CCCCCCCCCCCCCCCCCCCC(=O)OC[C@@H](COC(=O)CCCCCCCCCCCCCC(C)C)OC(=O)CCCCCCCCCC(C)C. The third-order valence-electron chi connectivity index (χ3n) is 12.0. The maximum absolute atomic E-state index is 12.7. The van der Waals surface area contributed by atoms with Crippen LogP contribution in [0.25, 0.3) is 0 Å². The third kappa shape index (κ3) is 47.3. The molecule has 0 aliphatic carbocycles. The zero-order chi connectivity index (χ0) is 43.3. The van der Waals surface area contributed by atoms with Gasteiger partial charge in [0.1, 0.15) is 13.2 Å². The Hall–Kier alpha value is -1.59. The molecule has 0 aromatic carbocycles. The number of esters is 3. The molecule has 0 aromatic heterocycles. The van der Waals surface area contributed by atoms with Gasteiger partial charge in [-0.3, -0.25) is 14.4 Å². The molecule has 0 spiro atoms. The zero-order valence-electron chi connectivity index (χ0n) is 40.4. The van der Waals surface area contributed by atoms with Crippen LogP contribution >= 0.6 is 0 Å². The first-order chi connectivity index (χ1) is 28.7. The third-order valence-corrected chi connectivity index (χ3v) is 12.0. The highest BCUT2D eigenvalue weighted by atomic mass is 16.6. The zero-order valence-corrected chi connectivity index (χ0v) is 40.4. The van der Waals surface area contributed by atoms with Crippen LogP contribution in [0.1, 0.15) is 291 Å². The number of rotatable bonds is 47. The van der Waals surface area contributed by atoms with Gasteiger partial charge in [-0.15, -0.1) is 0 Å². The van der Waals surface area contributed by atoms with Crippen molar-refractivity contribution in [1.29, 1.82) is 0 Å². The van der Waals surface area contributed by atoms with Crippen molar-refractivity contribution in [2.24, 2.45) is 11.8 Å². The molecule has 0 aliphatic heterocycles. The molecule has 0 fully saturated rings. The van der Waals surface area contributed by atoms with E-state index in [-0.39, 0.29) is 31.1 Å². The summed E-state index contributed by atoms with van der Waals surface area (Å²) in [5, 5.41) is 0. The van der Waals surface area contributed by atoms with Gasteiger partial charge < -0.3 is 14.2 Å². The van der Waals surface area contributed by atoms with Crippen molar-refractivity contribution < 1.29 is 28.6 Å². The van der Waals surface area contributed by atoms with Crippen LogP contribution in [0.3, 0.4) is 0 Å². The largest absolute Gasteiger partial charge is 0.462 e. The van der Waals surface area contributed by atoms with Crippen molar-refractivity contribution in [2.75, 3.05) is 13.2 Å². The van der Waals surface area contributed by atoms with Crippen molar-refractivity contribution in [2.45, 2.75) is 298 Å². The first-order valence-electron chi connectivity index (χ1n) is 26.2. The summed E-state index contributed by atoms with van der Waals surface area (Å²) in [6.45, 7) is 11.3. The van der Waals surface area contributed by atoms with Crippen molar-refractivity contribution in [1.82, 2.24) is 0 Å². The van der Waals surface area contributed by atoms with Crippen LogP contribution in [0.15, 0.2) is 0 Å². The Morgan fingerprint density at radius 2 is 0.559 bits per heavy atom. The summed E-state index contributed by atoms with van der Waals surface area (Å²) in [4.78, 5) is 37.9. The Balaban J connectivity index is 4.25. The lowest BCUT2D eigenvalue weighted by atomic mass is 10.0. The molecule has 1 atom stereocenters. The molecule has 0 amide bonds. The fraction of sp³-hybridized carbons (Fsp3) is 0.943. The van der Waals surface area contributed by atoms with E-state index >= 15 is 0 Å². The van der Waals surface area contributed by atoms with E-state index < -0.39 is 6.10 Å². The Morgan fingerprint density at radius 3 is 0.831 bits per heavy atom. The van der Waals surface area contributed by atoms with Gasteiger partial charge in [0.15, 0.2) is 6.10 Å².